The lowest BCUT2D eigenvalue weighted by Crippen LogP contribution is -2.07. The number of aromatic nitrogens is 4. The Bertz CT molecular complexity index is 524. The van der Waals surface area contributed by atoms with Crippen molar-refractivity contribution < 1.29 is 0 Å². The van der Waals surface area contributed by atoms with E-state index in [1.165, 1.54) is 23.1 Å². The molecule has 0 atom stereocenters. The van der Waals surface area contributed by atoms with Crippen molar-refractivity contribution in [3.63, 3.8) is 0 Å². The molecule has 0 amide bonds. The minimum Gasteiger partial charge on any atom is -0.368 e. The van der Waals surface area contributed by atoms with Crippen molar-refractivity contribution in [2.45, 2.75) is 16.3 Å². The monoisotopic (exact) mass is 268 g/mol. The van der Waals surface area contributed by atoms with Gasteiger partial charge in [-0.05, 0) is 18.7 Å². The molecule has 0 radical (unpaired) electrons. The summed E-state index contributed by atoms with van der Waals surface area (Å²) in [5, 5.41) is 9.84. The molecule has 0 fully saturated rings. The molecule has 17 heavy (non-hydrogen) atoms. The van der Waals surface area contributed by atoms with E-state index in [1.807, 2.05) is 25.9 Å². The number of hydrogen-bond acceptors (Lipinski definition) is 8. The van der Waals surface area contributed by atoms with Crippen LogP contribution in [0.1, 0.15) is 5.56 Å². The molecule has 0 aliphatic carbocycles. The van der Waals surface area contributed by atoms with Crippen LogP contribution in [0.4, 0.5) is 11.1 Å². The molecule has 0 unspecified atom stereocenters. The highest BCUT2D eigenvalue weighted by atomic mass is 32.2. The average Bonchev–Trinajstić information content (AvgIpc) is 2.72. The predicted octanol–water partition coefficient (Wildman–Crippen LogP) is 1.44. The van der Waals surface area contributed by atoms with Gasteiger partial charge in [0.2, 0.25) is 11.1 Å². The number of nitrogen functional groups attached to an aromatic ring is 1. The molecule has 90 valence electrons. The van der Waals surface area contributed by atoms with Gasteiger partial charge in [0.1, 0.15) is 5.03 Å². The van der Waals surface area contributed by atoms with Crippen molar-refractivity contribution in [3.8, 4) is 0 Å². The smallest absolute Gasteiger partial charge is 0.221 e. The van der Waals surface area contributed by atoms with Gasteiger partial charge in [0, 0.05) is 25.9 Å². The van der Waals surface area contributed by atoms with Gasteiger partial charge in [-0.1, -0.05) is 11.3 Å². The third-order valence-corrected chi connectivity index (χ3v) is 4.15. The summed E-state index contributed by atoms with van der Waals surface area (Å²) in [5.74, 6) is 0.274. The Hall–Kier alpha value is -1.41. The van der Waals surface area contributed by atoms with Crippen molar-refractivity contribution in [2.24, 2.45) is 0 Å². The van der Waals surface area contributed by atoms with Crippen LogP contribution in [-0.2, 0) is 0 Å². The first kappa shape index (κ1) is 12.1. The number of nitrogens with zero attached hydrogens (tertiary/aromatic N) is 5. The molecule has 2 N–H and O–H groups in total. The summed E-state index contributed by atoms with van der Waals surface area (Å²) in [4.78, 5) is 10.0. The van der Waals surface area contributed by atoms with E-state index >= 15 is 0 Å². The van der Waals surface area contributed by atoms with E-state index in [1.54, 1.807) is 6.20 Å². The van der Waals surface area contributed by atoms with Crippen LogP contribution in [0, 0.1) is 6.92 Å². The summed E-state index contributed by atoms with van der Waals surface area (Å²) in [6.07, 6.45) is 1.71. The van der Waals surface area contributed by atoms with Crippen molar-refractivity contribution in [1.29, 1.82) is 0 Å². The van der Waals surface area contributed by atoms with Crippen LogP contribution in [0.2, 0.25) is 0 Å². The van der Waals surface area contributed by atoms with Crippen LogP contribution in [-0.4, -0.2) is 34.3 Å². The Balaban J connectivity index is 2.22. The SMILES string of the molecule is Cc1cnc(N)nc1Sc1nnc(N(C)C)s1. The van der Waals surface area contributed by atoms with E-state index in [4.69, 9.17) is 5.73 Å². The van der Waals surface area contributed by atoms with Crippen LogP contribution in [0.3, 0.4) is 0 Å². The lowest BCUT2D eigenvalue weighted by molar-refractivity contribution is 0.965. The molecule has 2 aromatic heterocycles. The van der Waals surface area contributed by atoms with Crippen molar-refractivity contribution in [2.75, 3.05) is 24.7 Å². The fourth-order valence-electron chi connectivity index (χ4n) is 1.05. The number of rotatable bonds is 3. The summed E-state index contributed by atoms with van der Waals surface area (Å²) in [7, 11) is 3.87. The molecule has 0 aromatic carbocycles. The largest absolute Gasteiger partial charge is 0.368 e. The summed E-state index contributed by atoms with van der Waals surface area (Å²) in [6, 6.07) is 0. The van der Waals surface area contributed by atoms with Crippen molar-refractivity contribution in [1.82, 2.24) is 20.2 Å². The Kier molecular flexibility index (Phi) is 3.43. The molecule has 8 heteroatoms. The lowest BCUT2D eigenvalue weighted by Gasteiger charge is -2.04. The van der Waals surface area contributed by atoms with Crippen LogP contribution in [0.25, 0.3) is 0 Å². The fourth-order valence-corrected chi connectivity index (χ4v) is 2.78. The zero-order valence-electron chi connectivity index (χ0n) is 9.71. The molecule has 0 aliphatic heterocycles. The Morgan fingerprint density at radius 2 is 2.12 bits per heavy atom. The highest BCUT2D eigenvalue weighted by molar-refractivity contribution is 8.01. The maximum Gasteiger partial charge on any atom is 0.221 e. The molecule has 0 bridgehead atoms. The van der Waals surface area contributed by atoms with Gasteiger partial charge in [-0.15, -0.1) is 10.2 Å². The molecule has 2 rings (SSSR count). The van der Waals surface area contributed by atoms with Gasteiger partial charge >= 0.3 is 0 Å². The van der Waals surface area contributed by atoms with Crippen LogP contribution < -0.4 is 10.6 Å². The minimum atomic E-state index is 0.274. The molecular formula is C9H12N6S2. The molecule has 0 aliphatic rings. The predicted molar refractivity (Wildman–Crippen MR) is 69.5 cm³/mol. The lowest BCUT2D eigenvalue weighted by atomic mass is 10.4. The topological polar surface area (TPSA) is 80.8 Å². The van der Waals surface area contributed by atoms with E-state index in [0.29, 0.717) is 0 Å². The zero-order valence-corrected chi connectivity index (χ0v) is 11.3. The first-order valence-corrected chi connectivity index (χ1v) is 6.47. The van der Waals surface area contributed by atoms with Crippen LogP contribution in [0.15, 0.2) is 15.6 Å². The van der Waals surface area contributed by atoms with Gasteiger partial charge < -0.3 is 10.6 Å². The molecular weight excluding hydrogens is 256 g/mol. The molecule has 2 heterocycles. The van der Waals surface area contributed by atoms with Gasteiger partial charge in [-0.2, -0.15) is 0 Å². The van der Waals surface area contributed by atoms with E-state index in [2.05, 4.69) is 20.2 Å². The Labute approximate surface area is 107 Å². The number of hydrogen-bond donors (Lipinski definition) is 1. The van der Waals surface area contributed by atoms with Gasteiger partial charge in [-0.3, -0.25) is 0 Å². The first-order valence-electron chi connectivity index (χ1n) is 4.84. The molecule has 0 spiro atoms. The summed E-state index contributed by atoms with van der Waals surface area (Å²) >= 11 is 2.97. The second-order valence-corrected chi connectivity index (χ2v) is 5.76. The average molecular weight is 268 g/mol. The molecule has 6 nitrogen and oxygen atoms in total. The van der Waals surface area contributed by atoms with Crippen LogP contribution in [0.5, 0.6) is 0 Å². The van der Waals surface area contributed by atoms with Crippen molar-refractivity contribution >= 4 is 34.2 Å². The van der Waals surface area contributed by atoms with Gasteiger partial charge in [0.25, 0.3) is 0 Å². The quantitative estimate of drug-likeness (QED) is 0.843. The van der Waals surface area contributed by atoms with E-state index in [0.717, 1.165) is 20.1 Å². The standard InChI is InChI=1S/C9H12N6S2/c1-5-4-11-7(10)12-6(5)16-9-14-13-8(17-9)15(2)3/h4H,1-3H3,(H2,10,11,12). The summed E-state index contributed by atoms with van der Waals surface area (Å²) in [5.41, 5.74) is 6.54. The third-order valence-electron chi connectivity index (χ3n) is 1.91. The fraction of sp³-hybridized carbons (Fsp3) is 0.333. The Morgan fingerprint density at radius 1 is 1.35 bits per heavy atom. The second kappa shape index (κ2) is 4.84. The highest BCUT2D eigenvalue weighted by Gasteiger charge is 2.10. The maximum absolute atomic E-state index is 5.56. The number of aryl methyl sites for hydroxylation is 1. The number of anilines is 2. The normalized spacial score (nSPS) is 10.5. The third kappa shape index (κ3) is 2.83. The molecule has 2 aromatic rings. The summed E-state index contributed by atoms with van der Waals surface area (Å²) < 4.78 is 0.843. The first-order chi connectivity index (χ1) is 8.06. The highest BCUT2D eigenvalue weighted by Crippen LogP contribution is 2.33. The van der Waals surface area contributed by atoms with Crippen molar-refractivity contribution in [3.05, 3.63) is 11.8 Å². The zero-order chi connectivity index (χ0) is 12.4. The summed E-state index contributed by atoms with van der Waals surface area (Å²) in [6.45, 7) is 1.94. The van der Waals surface area contributed by atoms with E-state index in [-0.39, 0.29) is 5.95 Å². The van der Waals surface area contributed by atoms with E-state index in [9.17, 15) is 0 Å². The number of nitrogens with two attached hydrogens (primary N) is 1. The van der Waals surface area contributed by atoms with Gasteiger partial charge in [-0.25, -0.2) is 9.97 Å². The molecule has 0 saturated carbocycles. The van der Waals surface area contributed by atoms with Gasteiger partial charge in [0.05, 0.1) is 0 Å². The second-order valence-electron chi connectivity index (χ2n) is 3.56. The minimum absolute atomic E-state index is 0.274. The Morgan fingerprint density at radius 3 is 2.76 bits per heavy atom. The van der Waals surface area contributed by atoms with Crippen LogP contribution >= 0.6 is 23.1 Å². The maximum atomic E-state index is 5.56. The van der Waals surface area contributed by atoms with Gasteiger partial charge in [0.15, 0.2) is 4.34 Å². The molecule has 0 saturated heterocycles. The van der Waals surface area contributed by atoms with E-state index < -0.39 is 0 Å².